The first-order valence-electron chi connectivity index (χ1n) is 6.45. The summed E-state index contributed by atoms with van der Waals surface area (Å²) >= 11 is 1.24. The van der Waals surface area contributed by atoms with Gasteiger partial charge >= 0.3 is 5.97 Å². The summed E-state index contributed by atoms with van der Waals surface area (Å²) in [5, 5.41) is 9.58. The van der Waals surface area contributed by atoms with Crippen molar-refractivity contribution in [2.24, 2.45) is 0 Å². The van der Waals surface area contributed by atoms with E-state index >= 15 is 0 Å². The van der Waals surface area contributed by atoms with Gasteiger partial charge in [0.2, 0.25) is 0 Å². The van der Waals surface area contributed by atoms with Crippen molar-refractivity contribution in [1.82, 2.24) is 14.5 Å². The second kappa shape index (κ2) is 5.41. The molecule has 0 aromatic carbocycles. The lowest BCUT2D eigenvalue weighted by Gasteiger charge is -2.19. The maximum Gasteiger partial charge on any atom is 0.313 e. The third kappa shape index (κ3) is 2.38. The van der Waals surface area contributed by atoms with Gasteiger partial charge in [0, 0.05) is 12.8 Å². The number of carbonyl (C=O) groups is 1. The monoisotopic (exact) mass is 293 g/mol. The smallest absolute Gasteiger partial charge is 0.313 e. The SMILES string of the molecule is CC1OCCC1n1c(SCC(=O)O)nc2cnccc21. The van der Waals surface area contributed by atoms with Gasteiger partial charge in [-0.1, -0.05) is 11.8 Å². The molecule has 1 saturated heterocycles. The Bertz CT molecular complexity index is 643. The van der Waals surface area contributed by atoms with Gasteiger partial charge in [-0.05, 0) is 19.4 Å². The standard InChI is InChI=1S/C13H15N3O3S/c1-8-10(3-5-19-8)16-11-2-4-14-6-9(11)15-13(16)20-7-12(17)18/h2,4,6,8,10H,3,5,7H2,1H3,(H,17,18). The van der Waals surface area contributed by atoms with Crippen LogP contribution in [-0.4, -0.2) is 44.1 Å². The van der Waals surface area contributed by atoms with Crippen LogP contribution in [0.1, 0.15) is 19.4 Å². The van der Waals surface area contributed by atoms with Crippen LogP contribution < -0.4 is 0 Å². The van der Waals surface area contributed by atoms with E-state index in [0.717, 1.165) is 29.2 Å². The number of pyridine rings is 1. The molecular weight excluding hydrogens is 278 g/mol. The van der Waals surface area contributed by atoms with Crippen molar-refractivity contribution in [1.29, 1.82) is 0 Å². The van der Waals surface area contributed by atoms with Gasteiger partial charge < -0.3 is 14.4 Å². The number of fused-ring (bicyclic) bond motifs is 1. The van der Waals surface area contributed by atoms with Gasteiger partial charge in [0.15, 0.2) is 5.16 Å². The summed E-state index contributed by atoms with van der Waals surface area (Å²) in [6.07, 6.45) is 4.45. The predicted octanol–water partition coefficient (Wildman–Crippen LogP) is 1.96. The highest BCUT2D eigenvalue weighted by Crippen LogP contribution is 2.34. The summed E-state index contributed by atoms with van der Waals surface area (Å²) in [4.78, 5) is 19.4. The van der Waals surface area contributed by atoms with E-state index in [1.165, 1.54) is 11.8 Å². The van der Waals surface area contributed by atoms with Crippen LogP contribution in [-0.2, 0) is 9.53 Å². The lowest BCUT2D eigenvalue weighted by molar-refractivity contribution is -0.133. The van der Waals surface area contributed by atoms with Crippen LogP contribution in [0.5, 0.6) is 0 Å². The number of imidazole rings is 1. The number of rotatable bonds is 4. The Kier molecular flexibility index (Phi) is 3.62. The average molecular weight is 293 g/mol. The molecule has 2 unspecified atom stereocenters. The predicted molar refractivity (Wildman–Crippen MR) is 75.0 cm³/mol. The lowest BCUT2D eigenvalue weighted by Crippen LogP contribution is -2.18. The number of aromatic nitrogens is 3. The third-order valence-electron chi connectivity index (χ3n) is 3.45. The number of ether oxygens (including phenoxy) is 1. The van der Waals surface area contributed by atoms with Crippen molar-refractivity contribution >= 4 is 28.8 Å². The summed E-state index contributed by atoms with van der Waals surface area (Å²) in [5.74, 6) is -0.846. The summed E-state index contributed by atoms with van der Waals surface area (Å²) < 4.78 is 7.73. The molecule has 106 valence electrons. The number of hydrogen-bond donors (Lipinski definition) is 1. The van der Waals surface area contributed by atoms with E-state index in [2.05, 4.69) is 14.5 Å². The van der Waals surface area contributed by atoms with E-state index in [9.17, 15) is 4.79 Å². The normalized spacial score (nSPS) is 22.4. The molecule has 0 bridgehead atoms. The van der Waals surface area contributed by atoms with Gasteiger partial charge in [-0.3, -0.25) is 9.78 Å². The van der Waals surface area contributed by atoms with E-state index in [1.54, 1.807) is 12.4 Å². The van der Waals surface area contributed by atoms with Crippen LogP contribution >= 0.6 is 11.8 Å². The van der Waals surface area contributed by atoms with Crippen LogP contribution in [0.15, 0.2) is 23.6 Å². The first kappa shape index (κ1) is 13.4. The average Bonchev–Trinajstić information content (AvgIpc) is 2.99. The molecule has 2 aromatic rings. The molecule has 2 aromatic heterocycles. The molecule has 7 heteroatoms. The highest BCUT2D eigenvalue weighted by Gasteiger charge is 2.29. The molecule has 1 aliphatic rings. The van der Waals surface area contributed by atoms with E-state index in [1.807, 2.05) is 13.0 Å². The molecule has 0 radical (unpaired) electrons. The lowest BCUT2D eigenvalue weighted by atomic mass is 10.1. The molecule has 0 aliphatic carbocycles. The second-order valence-corrected chi connectivity index (χ2v) is 5.69. The molecule has 1 fully saturated rings. The van der Waals surface area contributed by atoms with Crippen molar-refractivity contribution in [2.45, 2.75) is 30.6 Å². The Labute approximate surface area is 120 Å². The van der Waals surface area contributed by atoms with Crippen LogP contribution in [0.2, 0.25) is 0 Å². The zero-order valence-electron chi connectivity index (χ0n) is 11.0. The van der Waals surface area contributed by atoms with Crippen molar-refractivity contribution in [3.8, 4) is 0 Å². The summed E-state index contributed by atoms with van der Waals surface area (Å²) in [5.41, 5.74) is 1.77. The number of carboxylic acid groups (broad SMARTS) is 1. The van der Waals surface area contributed by atoms with E-state index in [-0.39, 0.29) is 17.9 Å². The minimum absolute atomic E-state index is 0.00128. The number of aliphatic carboxylic acids is 1. The van der Waals surface area contributed by atoms with Gasteiger partial charge in [0.05, 0.1) is 29.6 Å². The van der Waals surface area contributed by atoms with Crippen LogP contribution in [0, 0.1) is 0 Å². The fourth-order valence-corrected chi connectivity index (χ4v) is 3.32. The number of carboxylic acids is 1. The summed E-state index contributed by atoms with van der Waals surface area (Å²) in [7, 11) is 0. The van der Waals surface area contributed by atoms with Crippen LogP contribution in [0.4, 0.5) is 0 Å². The fraction of sp³-hybridized carbons (Fsp3) is 0.462. The quantitative estimate of drug-likeness (QED) is 0.868. The van der Waals surface area contributed by atoms with Crippen LogP contribution in [0.25, 0.3) is 11.0 Å². The van der Waals surface area contributed by atoms with E-state index in [0.29, 0.717) is 0 Å². The highest BCUT2D eigenvalue weighted by molar-refractivity contribution is 7.99. The largest absolute Gasteiger partial charge is 0.481 e. The molecule has 3 rings (SSSR count). The summed E-state index contributed by atoms with van der Waals surface area (Å²) in [6, 6.07) is 2.11. The number of thioether (sulfide) groups is 1. The first-order chi connectivity index (χ1) is 9.66. The van der Waals surface area contributed by atoms with Crippen LogP contribution in [0.3, 0.4) is 0 Å². The molecule has 0 spiro atoms. The first-order valence-corrected chi connectivity index (χ1v) is 7.43. The molecule has 20 heavy (non-hydrogen) atoms. The van der Waals surface area contributed by atoms with Crippen molar-refractivity contribution < 1.29 is 14.6 Å². The van der Waals surface area contributed by atoms with Gasteiger partial charge in [0.1, 0.15) is 5.52 Å². The third-order valence-corrected chi connectivity index (χ3v) is 4.39. The minimum atomic E-state index is -0.845. The zero-order chi connectivity index (χ0) is 14.1. The Morgan fingerprint density at radius 1 is 1.65 bits per heavy atom. The van der Waals surface area contributed by atoms with Gasteiger partial charge in [0.25, 0.3) is 0 Å². The number of nitrogens with zero attached hydrogens (tertiary/aromatic N) is 3. The minimum Gasteiger partial charge on any atom is -0.481 e. The Morgan fingerprint density at radius 2 is 2.50 bits per heavy atom. The molecule has 1 aliphatic heterocycles. The fourth-order valence-electron chi connectivity index (χ4n) is 2.54. The maximum atomic E-state index is 10.8. The van der Waals surface area contributed by atoms with Crippen molar-refractivity contribution in [2.75, 3.05) is 12.4 Å². The molecule has 0 saturated carbocycles. The molecular formula is C13H15N3O3S. The second-order valence-electron chi connectivity index (χ2n) is 4.74. The van der Waals surface area contributed by atoms with Crippen molar-refractivity contribution in [3.05, 3.63) is 18.5 Å². The van der Waals surface area contributed by atoms with E-state index in [4.69, 9.17) is 9.84 Å². The Balaban J connectivity index is 2.05. The van der Waals surface area contributed by atoms with Gasteiger partial charge in [-0.15, -0.1) is 0 Å². The topological polar surface area (TPSA) is 77.2 Å². The zero-order valence-corrected chi connectivity index (χ0v) is 11.8. The van der Waals surface area contributed by atoms with Gasteiger partial charge in [-0.25, -0.2) is 4.98 Å². The number of hydrogen-bond acceptors (Lipinski definition) is 5. The van der Waals surface area contributed by atoms with Crippen molar-refractivity contribution in [3.63, 3.8) is 0 Å². The Morgan fingerprint density at radius 3 is 3.20 bits per heavy atom. The molecule has 1 N–H and O–H groups in total. The molecule has 3 heterocycles. The maximum absolute atomic E-state index is 10.8. The highest BCUT2D eigenvalue weighted by atomic mass is 32.2. The Hall–Kier alpha value is -1.60. The molecule has 6 nitrogen and oxygen atoms in total. The summed E-state index contributed by atoms with van der Waals surface area (Å²) in [6.45, 7) is 2.76. The molecule has 2 atom stereocenters. The molecule has 0 amide bonds. The van der Waals surface area contributed by atoms with E-state index < -0.39 is 5.97 Å². The van der Waals surface area contributed by atoms with Gasteiger partial charge in [-0.2, -0.15) is 0 Å².